The summed E-state index contributed by atoms with van der Waals surface area (Å²) in [5.41, 5.74) is 2.57. The topological polar surface area (TPSA) is 79.9 Å². The Balaban J connectivity index is 1.47. The number of hydrogen-bond acceptors (Lipinski definition) is 5. The van der Waals surface area contributed by atoms with E-state index in [1.165, 1.54) is 0 Å². The quantitative estimate of drug-likeness (QED) is 0.731. The van der Waals surface area contributed by atoms with Crippen molar-refractivity contribution in [2.24, 2.45) is 5.92 Å². The van der Waals surface area contributed by atoms with Crippen molar-refractivity contribution < 1.29 is 19.1 Å². The molecule has 3 rings (SSSR count). The van der Waals surface area contributed by atoms with E-state index in [2.05, 4.69) is 15.5 Å². The zero-order valence-corrected chi connectivity index (χ0v) is 17.7. The molecule has 1 aliphatic heterocycles. The van der Waals surface area contributed by atoms with Gasteiger partial charge in [-0.2, -0.15) is 0 Å². The molecular formula is C23H29N3O4. The summed E-state index contributed by atoms with van der Waals surface area (Å²) in [5.74, 6) is 1.11. The van der Waals surface area contributed by atoms with Crippen LogP contribution in [0.25, 0.3) is 0 Å². The highest BCUT2D eigenvalue weighted by molar-refractivity contribution is 5.94. The summed E-state index contributed by atoms with van der Waals surface area (Å²) in [6.45, 7) is 3.70. The third-order valence-corrected chi connectivity index (χ3v) is 5.40. The molecule has 0 bridgehead atoms. The first kappa shape index (κ1) is 21.6. The number of rotatable bonds is 7. The lowest BCUT2D eigenvalue weighted by Gasteiger charge is -2.30. The Morgan fingerprint density at radius 1 is 1.00 bits per heavy atom. The van der Waals surface area contributed by atoms with Crippen LogP contribution >= 0.6 is 0 Å². The summed E-state index contributed by atoms with van der Waals surface area (Å²) in [5, 5.41) is 5.92. The van der Waals surface area contributed by atoms with Crippen LogP contribution < -0.4 is 20.1 Å². The van der Waals surface area contributed by atoms with Crippen LogP contribution in [0.4, 0.5) is 11.4 Å². The van der Waals surface area contributed by atoms with Crippen molar-refractivity contribution in [3.8, 4) is 11.5 Å². The fourth-order valence-corrected chi connectivity index (χ4v) is 3.62. The van der Waals surface area contributed by atoms with Crippen LogP contribution in [0, 0.1) is 12.8 Å². The van der Waals surface area contributed by atoms with Crippen LogP contribution in [0.2, 0.25) is 0 Å². The highest BCUT2D eigenvalue weighted by Gasteiger charge is 2.26. The number of benzene rings is 2. The zero-order valence-electron chi connectivity index (χ0n) is 17.7. The first-order valence-corrected chi connectivity index (χ1v) is 10.1. The van der Waals surface area contributed by atoms with Crippen molar-refractivity contribution in [1.82, 2.24) is 4.90 Å². The van der Waals surface area contributed by atoms with Crippen molar-refractivity contribution in [2.45, 2.75) is 19.8 Å². The van der Waals surface area contributed by atoms with Gasteiger partial charge in [0.25, 0.3) is 0 Å². The first-order chi connectivity index (χ1) is 14.5. The van der Waals surface area contributed by atoms with Gasteiger partial charge in [-0.3, -0.25) is 14.5 Å². The van der Waals surface area contributed by atoms with Crippen LogP contribution in [-0.4, -0.2) is 50.6 Å². The van der Waals surface area contributed by atoms with Gasteiger partial charge in [0.1, 0.15) is 0 Å². The lowest BCUT2D eigenvalue weighted by atomic mass is 9.95. The Hall–Kier alpha value is -3.06. The molecule has 1 fully saturated rings. The molecule has 2 amide bonds. The molecular weight excluding hydrogens is 382 g/mol. The van der Waals surface area contributed by atoms with E-state index in [1.54, 1.807) is 32.4 Å². The number of amides is 2. The Morgan fingerprint density at radius 3 is 2.37 bits per heavy atom. The number of nitrogens with one attached hydrogen (secondary N) is 2. The summed E-state index contributed by atoms with van der Waals surface area (Å²) < 4.78 is 10.5. The maximum absolute atomic E-state index is 12.6. The summed E-state index contributed by atoms with van der Waals surface area (Å²) in [7, 11) is 3.13. The predicted molar refractivity (Wildman–Crippen MR) is 117 cm³/mol. The molecule has 30 heavy (non-hydrogen) atoms. The molecule has 0 aromatic heterocycles. The van der Waals surface area contributed by atoms with Gasteiger partial charge in [0, 0.05) is 23.4 Å². The van der Waals surface area contributed by atoms with Gasteiger partial charge in [0.2, 0.25) is 11.8 Å². The molecule has 7 nitrogen and oxygen atoms in total. The van der Waals surface area contributed by atoms with Gasteiger partial charge in [-0.25, -0.2) is 0 Å². The second kappa shape index (κ2) is 10.1. The number of methoxy groups -OCH3 is 2. The SMILES string of the molecule is COc1ccc(NC(=O)CN2CCC(C(=O)Nc3ccccc3C)CC2)cc1OC. The summed E-state index contributed by atoms with van der Waals surface area (Å²) in [6.07, 6.45) is 1.47. The fraction of sp³-hybridized carbons (Fsp3) is 0.391. The first-order valence-electron chi connectivity index (χ1n) is 10.1. The highest BCUT2D eigenvalue weighted by atomic mass is 16.5. The Morgan fingerprint density at radius 2 is 1.70 bits per heavy atom. The van der Waals surface area contributed by atoms with Crippen molar-refractivity contribution >= 4 is 23.2 Å². The van der Waals surface area contributed by atoms with Gasteiger partial charge in [0.05, 0.1) is 20.8 Å². The molecule has 1 aliphatic rings. The third kappa shape index (κ3) is 5.51. The van der Waals surface area contributed by atoms with Gasteiger partial charge >= 0.3 is 0 Å². The zero-order chi connectivity index (χ0) is 21.5. The minimum atomic E-state index is -0.0926. The van der Waals surface area contributed by atoms with Gasteiger partial charge < -0.3 is 20.1 Å². The fourth-order valence-electron chi connectivity index (χ4n) is 3.62. The van der Waals surface area contributed by atoms with E-state index >= 15 is 0 Å². The molecule has 1 saturated heterocycles. The minimum absolute atomic E-state index is 0.0326. The molecule has 0 aliphatic carbocycles. The molecule has 0 saturated carbocycles. The van der Waals surface area contributed by atoms with Gasteiger partial charge in [0.15, 0.2) is 11.5 Å². The standard InChI is InChI=1S/C23H29N3O4/c1-16-6-4-5-7-19(16)25-23(28)17-10-12-26(13-11-17)15-22(27)24-18-8-9-20(29-2)21(14-18)30-3/h4-9,14,17H,10-13,15H2,1-3H3,(H,24,27)(H,25,28). The number of para-hydroxylation sites is 1. The van der Waals surface area contributed by atoms with Crippen molar-refractivity contribution in [3.05, 3.63) is 48.0 Å². The molecule has 160 valence electrons. The Labute approximate surface area is 177 Å². The number of carbonyl (C=O) groups excluding carboxylic acids is 2. The number of nitrogens with zero attached hydrogens (tertiary/aromatic N) is 1. The third-order valence-electron chi connectivity index (χ3n) is 5.40. The Kier molecular flexibility index (Phi) is 7.30. The highest BCUT2D eigenvalue weighted by Crippen LogP contribution is 2.29. The average Bonchev–Trinajstić information content (AvgIpc) is 2.75. The molecule has 2 aromatic carbocycles. The van der Waals surface area contributed by atoms with E-state index in [-0.39, 0.29) is 17.7 Å². The number of ether oxygens (including phenoxy) is 2. The normalized spacial score (nSPS) is 14.8. The van der Waals surface area contributed by atoms with E-state index < -0.39 is 0 Å². The minimum Gasteiger partial charge on any atom is -0.493 e. The lowest BCUT2D eigenvalue weighted by Crippen LogP contribution is -2.41. The average molecular weight is 412 g/mol. The van der Waals surface area contributed by atoms with Crippen LogP contribution in [0.1, 0.15) is 18.4 Å². The monoisotopic (exact) mass is 411 g/mol. The van der Waals surface area contributed by atoms with Crippen molar-refractivity contribution in [1.29, 1.82) is 0 Å². The molecule has 1 heterocycles. The second-order valence-electron chi connectivity index (χ2n) is 7.47. The molecule has 2 aromatic rings. The predicted octanol–water partition coefficient (Wildman–Crippen LogP) is 3.30. The number of piperidine rings is 1. The largest absolute Gasteiger partial charge is 0.493 e. The number of aryl methyl sites for hydroxylation is 1. The van der Waals surface area contributed by atoms with Crippen LogP contribution in [-0.2, 0) is 9.59 Å². The number of hydrogen-bond donors (Lipinski definition) is 2. The van der Waals surface area contributed by atoms with Gasteiger partial charge in [-0.15, -0.1) is 0 Å². The molecule has 2 N–H and O–H groups in total. The summed E-state index contributed by atoms with van der Waals surface area (Å²) >= 11 is 0. The molecule has 0 unspecified atom stereocenters. The second-order valence-corrected chi connectivity index (χ2v) is 7.47. The maximum Gasteiger partial charge on any atom is 0.238 e. The van der Waals surface area contributed by atoms with Gasteiger partial charge in [-0.05, 0) is 56.6 Å². The van der Waals surface area contributed by atoms with Crippen LogP contribution in [0.15, 0.2) is 42.5 Å². The van der Waals surface area contributed by atoms with Crippen LogP contribution in [0.5, 0.6) is 11.5 Å². The summed E-state index contributed by atoms with van der Waals surface area (Å²) in [6, 6.07) is 13.0. The van der Waals surface area contributed by atoms with Crippen LogP contribution in [0.3, 0.4) is 0 Å². The van der Waals surface area contributed by atoms with E-state index in [0.717, 1.165) is 24.1 Å². The molecule has 0 radical (unpaired) electrons. The number of likely N-dealkylation sites (tertiary alicyclic amines) is 1. The smallest absolute Gasteiger partial charge is 0.238 e. The molecule has 0 atom stereocenters. The lowest BCUT2D eigenvalue weighted by molar-refractivity contribution is -0.121. The van der Waals surface area contributed by atoms with Crippen molar-refractivity contribution in [3.63, 3.8) is 0 Å². The van der Waals surface area contributed by atoms with E-state index in [9.17, 15) is 9.59 Å². The number of anilines is 2. The van der Waals surface area contributed by atoms with Crippen molar-refractivity contribution in [2.75, 3.05) is 44.5 Å². The maximum atomic E-state index is 12.6. The number of carbonyl (C=O) groups is 2. The molecule has 7 heteroatoms. The van der Waals surface area contributed by atoms with E-state index in [0.29, 0.717) is 36.8 Å². The Bertz CT molecular complexity index is 892. The summed E-state index contributed by atoms with van der Waals surface area (Å²) in [4.78, 5) is 27.1. The van der Waals surface area contributed by atoms with Gasteiger partial charge in [-0.1, -0.05) is 18.2 Å². The molecule has 0 spiro atoms. The van der Waals surface area contributed by atoms with E-state index in [4.69, 9.17) is 9.47 Å². The van der Waals surface area contributed by atoms with E-state index in [1.807, 2.05) is 31.2 Å².